The Balaban J connectivity index is 0.000000381. The molecule has 0 aromatic carbocycles. The van der Waals surface area contributed by atoms with Crippen molar-refractivity contribution < 1.29 is 52.6 Å². The number of amides is 6. The van der Waals surface area contributed by atoms with Crippen LogP contribution < -0.4 is 31.9 Å². The van der Waals surface area contributed by atoms with Gasteiger partial charge in [-0.05, 0) is 93.2 Å². The predicted octanol–water partition coefficient (Wildman–Crippen LogP) is 4.77. The average molecular weight is 1070 g/mol. The maximum Gasteiger partial charge on any atom is 0.329 e. The summed E-state index contributed by atoms with van der Waals surface area (Å²) in [5.41, 5.74) is 1.87. The van der Waals surface area contributed by atoms with Gasteiger partial charge in [0, 0.05) is 15.5 Å². The Morgan fingerprint density at radius 3 is 1.43 bits per heavy atom. The number of nitrogens with one attached hydrogen (secondary N) is 6. The maximum absolute atomic E-state index is 13.0. The molecular formula is C49H64N8O11S4. The number of allylic oxidation sites excluding steroid dienone is 4. The second-order valence-electron chi connectivity index (χ2n) is 16.4. The quantitative estimate of drug-likeness (QED) is 0.0287. The van der Waals surface area contributed by atoms with Gasteiger partial charge in [-0.15, -0.1) is 23.5 Å². The maximum atomic E-state index is 13.0. The van der Waals surface area contributed by atoms with E-state index in [-0.39, 0.29) is 72.4 Å². The van der Waals surface area contributed by atoms with Gasteiger partial charge in [-0.1, -0.05) is 63.8 Å². The van der Waals surface area contributed by atoms with Crippen LogP contribution in [-0.4, -0.2) is 111 Å². The van der Waals surface area contributed by atoms with Crippen molar-refractivity contribution >= 4 is 101 Å². The van der Waals surface area contributed by atoms with E-state index in [0.29, 0.717) is 35.7 Å². The number of pyridine rings is 2. The highest BCUT2D eigenvalue weighted by molar-refractivity contribution is 8.11. The van der Waals surface area contributed by atoms with Crippen molar-refractivity contribution in [3.63, 3.8) is 0 Å². The first kappa shape index (κ1) is 60.4. The zero-order chi connectivity index (χ0) is 53.3. The van der Waals surface area contributed by atoms with Crippen LogP contribution in [0.5, 0.6) is 0 Å². The van der Waals surface area contributed by atoms with Crippen molar-refractivity contribution in [2.45, 2.75) is 114 Å². The first-order chi connectivity index (χ1) is 34.4. The monoisotopic (exact) mass is 1070 g/mol. The van der Waals surface area contributed by atoms with E-state index < -0.39 is 59.9 Å². The van der Waals surface area contributed by atoms with Crippen LogP contribution >= 0.6 is 47.9 Å². The van der Waals surface area contributed by atoms with Crippen LogP contribution in [-0.2, 0) is 56.1 Å². The van der Waals surface area contributed by atoms with Crippen molar-refractivity contribution in [3.05, 3.63) is 94.9 Å². The number of aromatic nitrogens is 2. The molecule has 390 valence electrons. The number of hydrogen-bond acceptors (Lipinski definition) is 17. The molecule has 2 aromatic rings. The summed E-state index contributed by atoms with van der Waals surface area (Å²) in [5, 5.41) is 15.9. The van der Waals surface area contributed by atoms with Gasteiger partial charge in [0.25, 0.3) is 23.6 Å². The van der Waals surface area contributed by atoms with E-state index in [0.717, 1.165) is 27.2 Å². The van der Waals surface area contributed by atoms with Crippen LogP contribution in [0.4, 0.5) is 0 Å². The molecule has 0 fully saturated rings. The molecule has 0 aliphatic carbocycles. The molecular weight excluding hydrogens is 1000 g/mol. The summed E-state index contributed by atoms with van der Waals surface area (Å²) >= 11 is 8.13. The fraction of sp³-hybridized carbons (Fsp3) is 0.449. The molecule has 2 aromatic heterocycles. The van der Waals surface area contributed by atoms with E-state index >= 15 is 0 Å². The number of ether oxygens (including phenoxy) is 2. The predicted molar refractivity (Wildman–Crippen MR) is 281 cm³/mol. The topological polar surface area (TPSA) is 270 Å². The minimum atomic E-state index is -1.03. The standard InChI is InChI=1S/C25H32N4O6S2.C24H32N4O5S2/c1-5-17-23(32)29-22(15(2)3)25(34)35-16(8-6-7-11-37-14-30)12-21(31)26-13-19-20(36-4)10-9-18(27-19)24(33)28-17;1-5-16-22(30)28-21(14(2)3)24(32)33-15(8-6-7-11-34)12-20(29)25-13-18-19(35-4)10-9-17(26-18)23(31)27-16/h5-6,8-10,14-16,22H,7,11-13H2,1-4H3,(H,26,31)(H,28,33)(H,29,32);5-6,8-10,14-15,21,34H,7,11-13H2,1-4H3,(H,25,29)(H,27,31)(H,28,30)/b8-6+,17-5-;8-6+,16-5-/t16-,22+;15-,21+/m11/s1. The largest absolute Gasteiger partial charge is 0.456 e. The summed E-state index contributed by atoms with van der Waals surface area (Å²) in [7, 11) is 0. The summed E-state index contributed by atoms with van der Waals surface area (Å²) in [6, 6.07) is 4.55. The van der Waals surface area contributed by atoms with Gasteiger partial charge < -0.3 is 41.4 Å². The summed E-state index contributed by atoms with van der Waals surface area (Å²) in [4.78, 5) is 124. The Labute approximate surface area is 438 Å². The molecule has 2 aliphatic heterocycles. The number of carbonyl (C=O) groups excluding carboxylic acids is 9. The number of fused-ring (bicyclic) bond motifs is 4. The van der Waals surface area contributed by atoms with Crippen LogP contribution in [0.25, 0.3) is 0 Å². The van der Waals surface area contributed by atoms with E-state index in [1.165, 1.54) is 35.7 Å². The van der Waals surface area contributed by atoms with Crippen LogP contribution in [0.15, 0.2) is 81.9 Å². The number of carbonyl (C=O) groups is 9. The number of thioether (sulfide) groups is 3. The van der Waals surface area contributed by atoms with Crippen molar-refractivity contribution in [3.8, 4) is 0 Å². The summed E-state index contributed by atoms with van der Waals surface area (Å²) in [5.74, 6) is -4.09. The van der Waals surface area contributed by atoms with Crippen LogP contribution in [0.2, 0.25) is 0 Å². The molecule has 0 radical (unpaired) electrons. The van der Waals surface area contributed by atoms with Crippen molar-refractivity contribution in [2.24, 2.45) is 11.8 Å². The minimum Gasteiger partial charge on any atom is -0.456 e. The highest BCUT2D eigenvalue weighted by Crippen LogP contribution is 2.22. The number of thiol groups is 1. The highest BCUT2D eigenvalue weighted by Gasteiger charge is 2.32. The average Bonchev–Trinajstić information content (AvgIpc) is 3.35. The van der Waals surface area contributed by atoms with E-state index in [4.69, 9.17) is 9.47 Å². The molecule has 0 saturated carbocycles. The fourth-order valence-electron chi connectivity index (χ4n) is 6.55. The van der Waals surface area contributed by atoms with Crippen molar-refractivity contribution in [1.29, 1.82) is 0 Å². The third-order valence-corrected chi connectivity index (χ3v) is 12.9. The Morgan fingerprint density at radius 2 is 1.07 bits per heavy atom. The van der Waals surface area contributed by atoms with Crippen molar-refractivity contribution in [1.82, 2.24) is 41.9 Å². The van der Waals surface area contributed by atoms with E-state index in [9.17, 15) is 43.2 Å². The lowest BCUT2D eigenvalue weighted by Gasteiger charge is -2.24. The first-order valence-electron chi connectivity index (χ1n) is 23.0. The molecule has 2 aliphatic rings. The van der Waals surface area contributed by atoms with Gasteiger partial charge in [-0.2, -0.15) is 12.6 Å². The zero-order valence-electron chi connectivity index (χ0n) is 41.5. The normalized spacial score (nSPS) is 21.3. The molecule has 6 amide bonds. The SMILES string of the molecule is C/C=C1\NC(=O)c2ccc(SC)c(n2)CNC(=O)C[C@@H](/C=C/CCS)OC(=O)[C@H](C(C)C)NC1=O.C/C=C1\NC(=O)c2ccc(SC)c(n2)CNC(=O)C[C@@H](/C=C/CCSC=O)OC(=O)[C@H](C(C)C)NC1=O. The van der Waals surface area contributed by atoms with Gasteiger partial charge in [-0.25, -0.2) is 19.6 Å². The fourth-order valence-corrected chi connectivity index (χ4v) is 8.19. The molecule has 4 heterocycles. The van der Waals surface area contributed by atoms with Gasteiger partial charge in [0.05, 0.1) is 37.3 Å². The van der Waals surface area contributed by atoms with E-state index in [1.54, 1.807) is 90.1 Å². The minimum absolute atomic E-state index is 0.0173. The zero-order valence-corrected chi connectivity index (χ0v) is 44.9. The van der Waals surface area contributed by atoms with E-state index in [1.807, 2.05) is 12.5 Å². The summed E-state index contributed by atoms with van der Waals surface area (Å²) in [6.45, 7) is 10.3. The molecule has 4 atom stereocenters. The number of hydrogen-bond donors (Lipinski definition) is 7. The number of cyclic esters (lactones) is 2. The molecule has 23 heteroatoms. The van der Waals surface area contributed by atoms with E-state index in [2.05, 4.69) is 54.5 Å². The molecule has 6 N–H and O–H groups in total. The first-order valence-corrected chi connectivity index (χ1v) is 27.1. The lowest BCUT2D eigenvalue weighted by Crippen LogP contribution is -2.48. The molecule has 4 bridgehead atoms. The van der Waals surface area contributed by atoms with Gasteiger partial charge in [0.1, 0.15) is 47.1 Å². The molecule has 0 saturated heterocycles. The third-order valence-electron chi connectivity index (χ3n) is 10.4. The summed E-state index contributed by atoms with van der Waals surface area (Å²) < 4.78 is 11.2. The lowest BCUT2D eigenvalue weighted by molar-refractivity contribution is -0.153. The lowest BCUT2D eigenvalue weighted by atomic mass is 10.0. The molecule has 72 heavy (non-hydrogen) atoms. The Kier molecular flexibility index (Phi) is 26.4. The van der Waals surface area contributed by atoms with Gasteiger partial charge in [0.15, 0.2) is 5.62 Å². The van der Waals surface area contributed by atoms with Crippen LogP contribution in [0.1, 0.15) is 99.6 Å². The third kappa shape index (κ3) is 19.6. The van der Waals surface area contributed by atoms with Crippen LogP contribution in [0, 0.1) is 11.8 Å². The van der Waals surface area contributed by atoms with Gasteiger partial charge in [-0.3, -0.25) is 33.6 Å². The van der Waals surface area contributed by atoms with Crippen LogP contribution in [0.3, 0.4) is 0 Å². The second kappa shape index (κ2) is 31.5. The Bertz CT molecular complexity index is 2410. The molecule has 0 spiro atoms. The van der Waals surface area contributed by atoms with Gasteiger partial charge >= 0.3 is 11.9 Å². The Hall–Kier alpha value is -5.91. The molecule has 19 nitrogen and oxygen atoms in total. The second-order valence-corrected chi connectivity index (χ2v) is 19.5. The van der Waals surface area contributed by atoms with Crippen molar-refractivity contribution in [2.75, 3.05) is 24.0 Å². The molecule has 4 rings (SSSR count). The van der Waals surface area contributed by atoms with Gasteiger partial charge in [0.2, 0.25) is 11.8 Å². The smallest absolute Gasteiger partial charge is 0.329 e. The number of nitrogens with zero attached hydrogens (tertiary/aromatic N) is 2. The molecule has 0 unspecified atom stereocenters. The summed E-state index contributed by atoms with van der Waals surface area (Å²) in [6.07, 6.45) is 12.6. The highest BCUT2D eigenvalue weighted by atomic mass is 32.2. The Morgan fingerprint density at radius 1 is 0.653 bits per heavy atom. The number of esters is 2. The number of rotatable bonds is 12.